The first-order valence-electron chi connectivity index (χ1n) is 12.5. The lowest BCUT2D eigenvalue weighted by Gasteiger charge is -2.54. The second kappa shape index (κ2) is 8.55. The van der Waals surface area contributed by atoms with Gasteiger partial charge in [0.05, 0.1) is 12.7 Å². The van der Waals surface area contributed by atoms with E-state index in [2.05, 4.69) is 46.6 Å². The summed E-state index contributed by atoms with van der Waals surface area (Å²) in [6.45, 7) is 2.58. The van der Waals surface area contributed by atoms with Crippen LogP contribution in [0.5, 0.6) is 0 Å². The molecule has 4 saturated carbocycles. The van der Waals surface area contributed by atoms with Gasteiger partial charge in [0.2, 0.25) is 0 Å². The van der Waals surface area contributed by atoms with Crippen molar-refractivity contribution in [2.24, 2.45) is 23.7 Å². The molecule has 1 N–H and O–H groups in total. The molecule has 1 heterocycles. The van der Waals surface area contributed by atoms with Gasteiger partial charge in [-0.15, -0.1) is 0 Å². The average Bonchev–Trinajstić information content (AvgIpc) is 3.29. The zero-order valence-electron chi connectivity index (χ0n) is 18.8. The van der Waals surface area contributed by atoms with Crippen LogP contribution in [0, 0.1) is 23.7 Å². The first kappa shape index (κ1) is 20.3. The van der Waals surface area contributed by atoms with Crippen molar-refractivity contribution >= 4 is 11.6 Å². The van der Waals surface area contributed by atoms with Gasteiger partial charge < -0.3 is 15.0 Å². The molecule has 0 radical (unpaired) electrons. The number of carbonyl (C=O) groups excluding carboxylic acids is 1. The van der Waals surface area contributed by atoms with Crippen LogP contribution in [0.4, 0.5) is 5.69 Å². The van der Waals surface area contributed by atoms with E-state index < -0.39 is 0 Å². The van der Waals surface area contributed by atoms with E-state index in [1.165, 1.54) is 43.4 Å². The number of nitrogens with zero attached hydrogens (tertiary/aromatic N) is 1. The Bertz CT molecular complexity index is 914. The largest absolute Gasteiger partial charge is 0.372 e. The van der Waals surface area contributed by atoms with Gasteiger partial charge in [-0.1, -0.05) is 30.3 Å². The van der Waals surface area contributed by atoms with Gasteiger partial charge in [0.15, 0.2) is 0 Å². The Labute approximate surface area is 191 Å². The number of benzene rings is 2. The normalized spacial score (nSPS) is 32.9. The first-order valence-corrected chi connectivity index (χ1v) is 12.5. The van der Waals surface area contributed by atoms with E-state index in [1.807, 2.05) is 18.2 Å². The Hall–Kier alpha value is -2.33. The summed E-state index contributed by atoms with van der Waals surface area (Å²) in [7, 11) is 0. The van der Waals surface area contributed by atoms with E-state index in [1.54, 1.807) is 0 Å². The van der Waals surface area contributed by atoms with E-state index in [4.69, 9.17) is 4.74 Å². The fourth-order valence-corrected chi connectivity index (χ4v) is 7.11. The van der Waals surface area contributed by atoms with Crippen LogP contribution in [0.2, 0.25) is 0 Å². The number of anilines is 1. The van der Waals surface area contributed by atoms with E-state index in [9.17, 15) is 4.79 Å². The monoisotopic (exact) mass is 430 g/mol. The highest BCUT2D eigenvalue weighted by atomic mass is 16.5. The van der Waals surface area contributed by atoms with Crippen molar-refractivity contribution < 1.29 is 9.53 Å². The summed E-state index contributed by atoms with van der Waals surface area (Å²) in [5.74, 6) is 3.41. The third kappa shape index (κ3) is 4.05. The van der Waals surface area contributed by atoms with Crippen molar-refractivity contribution in [3.63, 3.8) is 0 Å². The molecule has 4 aliphatic carbocycles. The molecule has 32 heavy (non-hydrogen) atoms. The molecule has 0 aromatic heterocycles. The topological polar surface area (TPSA) is 41.6 Å². The molecular weight excluding hydrogens is 396 g/mol. The van der Waals surface area contributed by atoms with E-state index in [0.29, 0.717) is 24.5 Å². The van der Waals surface area contributed by atoms with Crippen LogP contribution in [0.15, 0.2) is 54.6 Å². The van der Waals surface area contributed by atoms with Crippen LogP contribution in [0.1, 0.15) is 54.4 Å². The highest BCUT2D eigenvalue weighted by molar-refractivity contribution is 5.94. The molecule has 1 atom stereocenters. The zero-order chi connectivity index (χ0) is 21.5. The maximum atomic E-state index is 13.0. The summed E-state index contributed by atoms with van der Waals surface area (Å²) >= 11 is 0. The molecule has 1 amide bonds. The van der Waals surface area contributed by atoms with Crippen LogP contribution in [-0.4, -0.2) is 31.1 Å². The number of nitrogens with one attached hydrogen (secondary N) is 1. The molecule has 2 aromatic carbocycles. The van der Waals surface area contributed by atoms with Crippen molar-refractivity contribution in [2.45, 2.75) is 57.3 Å². The summed E-state index contributed by atoms with van der Waals surface area (Å²) in [5.41, 5.74) is 3.20. The Morgan fingerprint density at radius 2 is 1.59 bits per heavy atom. The van der Waals surface area contributed by atoms with E-state index in [-0.39, 0.29) is 12.0 Å². The number of carbonyl (C=O) groups is 1. The molecule has 1 saturated heterocycles. The Balaban J connectivity index is 1.03. The van der Waals surface area contributed by atoms with Crippen molar-refractivity contribution in [1.29, 1.82) is 0 Å². The van der Waals surface area contributed by atoms with Crippen molar-refractivity contribution in [1.82, 2.24) is 5.32 Å². The smallest absolute Gasteiger partial charge is 0.251 e. The van der Waals surface area contributed by atoms with Crippen LogP contribution in [-0.2, 0) is 11.3 Å². The van der Waals surface area contributed by atoms with Crippen LogP contribution in [0.3, 0.4) is 0 Å². The molecule has 1 aliphatic heterocycles. The van der Waals surface area contributed by atoms with Crippen LogP contribution >= 0.6 is 0 Å². The minimum absolute atomic E-state index is 0.111. The molecule has 5 aliphatic rings. The van der Waals surface area contributed by atoms with Crippen LogP contribution < -0.4 is 10.2 Å². The standard InChI is InChI=1S/C28H34N2O2/c31-28(29-27-23-13-20-12-21(15-23)16-24(27)14-20)22-6-8-25(9-7-22)30-11-10-26(17-30)32-18-19-4-2-1-3-5-19/h1-9,20-21,23-24,26-27H,10-18H2,(H,29,31)/t20?,21?,23?,24?,26-,27?/m1/s1. The van der Waals surface area contributed by atoms with E-state index >= 15 is 0 Å². The fraction of sp³-hybridized carbons (Fsp3) is 0.536. The van der Waals surface area contributed by atoms with Gasteiger partial charge >= 0.3 is 0 Å². The molecule has 4 nitrogen and oxygen atoms in total. The number of ether oxygens (including phenoxy) is 1. The first-order chi connectivity index (χ1) is 15.7. The second-order valence-corrected chi connectivity index (χ2v) is 10.6. The maximum absolute atomic E-state index is 13.0. The molecule has 4 bridgehead atoms. The van der Waals surface area contributed by atoms with Crippen molar-refractivity contribution in [2.75, 3.05) is 18.0 Å². The Kier molecular flexibility index (Phi) is 5.42. The third-order valence-corrected chi connectivity index (χ3v) is 8.49. The summed E-state index contributed by atoms with van der Waals surface area (Å²) < 4.78 is 6.13. The molecular formula is C28H34N2O2. The SMILES string of the molecule is O=C(NC1C2CC3CC(C2)CC1C3)c1ccc(N2CC[C@@H](OCc3ccccc3)C2)cc1. The molecule has 168 valence electrons. The van der Waals surface area contributed by atoms with Gasteiger partial charge in [-0.3, -0.25) is 4.79 Å². The molecule has 0 unspecified atom stereocenters. The lowest BCUT2D eigenvalue weighted by Crippen LogP contribution is -2.55. The number of hydrogen-bond acceptors (Lipinski definition) is 3. The predicted octanol–water partition coefficient (Wildman–Crippen LogP) is 5.04. The Morgan fingerprint density at radius 1 is 0.906 bits per heavy atom. The zero-order valence-corrected chi connectivity index (χ0v) is 18.8. The molecule has 5 fully saturated rings. The minimum Gasteiger partial charge on any atom is -0.372 e. The number of amides is 1. The summed E-state index contributed by atoms with van der Waals surface area (Å²) in [5, 5.41) is 3.43. The van der Waals surface area contributed by atoms with Gasteiger partial charge in [-0.05, 0) is 92.0 Å². The lowest BCUT2D eigenvalue weighted by atomic mass is 9.54. The van der Waals surface area contributed by atoms with Crippen molar-refractivity contribution in [3.05, 3.63) is 65.7 Å². The fourth-order valence-electron chi connectivity index (χ4n) is 7.11. The predicted molar refractivity (Wildman–Crippen MR) is 127 cm³/mol. The quantitative estimate of drug-likeness (QED) is 0.698. The van der Waals surface area contributed by atoms with E-state index in [0.717, 1.165) is 36.9 Å². The molecule has 7 rings (SSSR count). The highest BCUT2D eigenvalue weighted by Gasteiger charge is 2.48. The summed E-state index contributed by atoms with van der Waals surface area (Å²) in [6, 6.07) is 19.0. The molecule has 4 heteroatoms. The number of rotatable bonds is 6. The Morgan fingerprint density at radius 3 is 2.28 bits per heavy atom. The number of hydrogen-bond donors (Lipinski definition) is 1. The minimum atomic E-state index is 0.111. The van der Waals surface area contributed by atoms with Gasteiger partial charge in [0, 0.05) is 30.4 Å². The van der Waals surface area contributed by atoms with Gasteiger partial charge in [0.1, 0.15) is 0 Å². The van der Waals surface area contributed by atoms with Gasteiger partial charge in [-0.2, -0.15) is 0 Å². The third-order valence-electron chi connectivity index (χ3n) is 8.49. The van der Waals surface area contributed by atoms with Crippen LogP contribution in [0.25, 0.3) is 0 Å². The summed E-state index contributed by atoms with van der Waals surface area (Å²) in [4.78, 5) is 15.4. The van der Waals surface area contributed by atoms with Crippen molar-refractivity contribution in [3.8, 4) is 0 Å². The highest BCUT2D eigenvalue weighted by Crippen LogP contribution is 2.53. The molecule has 0 spiro atoms. The lowest BCUT2D eigenvalue weighted by molar-refractivity contribution is -0.0119. The average molecular weight is 431 g/mol. The molecule has 2 aromatic rings. The van der Waals surface area contributed by atoms with Gasteiger partial charge in [0.25, 0.3) is 5.91 Å². The van der Waals surface area contributed by atoms with Gasteiger partial charge in [-0.25, -0.2) is 0 Å². The second-order valence-electron chi connectivity index (χ2n) is 10.6. The maximum Gasteiger partial charge on any atom is 0.251 e. The summed E-state index contributed by atoms with van der Waals surface area (Å²) in [6.07, 6.45) is 8.08.